The highest BCUT2D eigenvalue weighted by Gasteiger charge is 2.33. The summed E-state index contributed by atoms with van der Waals surface area (Å²) >= 11 is 1.70. The van der Waals surface area contributed by atoms with Crippen molar-refractivity contribution in [2.45, 2.75) is 20.0 Å². The number of alkyl halides is 3. The van der Waals surface area contributed by atoms with Gasteiger partial charge in [-0.25, -0.2) is 4.98 Å². The Morgan fingerprint density at radius 2 is 2.00 bits per heavy atom. The number of anilines is 2. The Morgan fingerprint density at radius 3 is 2.55 bits per heavy atom. The van der Waals surface area contributed by atoms with Crippen LogP contribution in [0.25, 0.3) is 0 Å². The molecule has 0 radical (unpaired) electrons. The van der Waals surface area contributed by atoms with Crippen molar-refractivity contribution in [1.29, 1.82) is 0 Å². The van der Waals surface area contributed by atoms with Crippen molar-refractivity contribution < 1.29 is 13.2 Å². The summed E-state index contributed by atoms with van der Waals surface area (Å²) in [6.45, 7) is 4.84. The Morgan fingerprint density at radius 1 is 1.30 bits per heavy atom. The quantitative estimate of drug-likeness (QED) is 0.809. The SMILES string of the molecule is CCNc1nc(NCC(C)CSC)cc(C(F)(F)F)n1. The molecular weight excluding hydrogens is 289 g/mol. The van der Waals surface area contributed by atoms with Crippen LogP contribution in [0.4, 0.5) is 24.9 Å². The standard InChI is InChI=1S/C12H19F3N4S/c1-4-16-11-18-9(12(13,14)15)5-10(19-11)17-6-8(2)7-20-3/h5,8H,4,6-7H2,1-3H3,(H2,16,17,18,19). The van der Waals surface area contributed by atoms with Gasteiger partial charge < -0.3 is 10.6 Å². The number of aromatic nitrogens is 2. The average molecular weight is 308 g/mol. The molecule has 0 aliphatic carbocycles. The molecule has 2 N–H and O–H groups in total. The largest absolute Gasteiger partial charge is 0.433 e. The summed E-state index contributed by atoms with van der Waals surface area (Å²) in [5.41, 5.74) is -0.941. The summed E-state index contributed by atoms with van der Waals surface area (Å²) in [6, 6.07) is 0.937. The molecule has 0 fully saturated rings. The lowest BCUT2D eigenvalue weighted by Crippen LogP contribution is -2.17. The van der Waals surface area contributed by atoms with Crippen molar-refractivity contribution in [3.05, 3.63) is 11.8 Å². The molecule has 20 heavy (non-hydrogen) atoms. The Balaban J connectivity index is 2.86. The van der Waals surface area contributed by atoms with Gasteiger partial charge in [0.05, 0.1) is 0 Å². The van der Waals surface area contributed by atoms with Gasteiger partial charge in [-0.2, -0.15) is 29.9 Å². The molecular formula is C12H19F3N4S. The third kappa shape index (κ3) is 5.44. The van der Waals surface area contributed by atoms with Crippen molar-refractivity contribution >= 4 is 23.5 Å². The number of rotatable bonds is 7. The van der Waals surface area contributed by atoms with Crippen LogP contribution in [0.2, 0.25) is 0 Å². The highest BCUT2D eigenvalue weighted by atomic mass is 32.2. The number of thioether (sulfide) groups is 1. The molecule has 0 aliphatic rings. The number of hydrogen-bond donors (Lipinski definition) is 2. The van der Waals surface area contributed by atoms with E-state index in [1.54, 1.807) is 18.7 Å². The van der Waals surface area contributed by atoms with Gasteiger partial charge in [0.25, 0.3) is 0 Å². The molecule has 0 spiro atoms. The topological polar surface area (TPSA) is 49.8 Å². The van der Waals surface area contributed by atoms with Crippen LogP contribution in [0.5, 0.6) is 0 Å². The number of nitrogens with zero attached hydrogens (tertiary/aromatic N) is 2. The molecule has 1 aromatic rings. The first-order chi connectivity index (χ1) is 9.36. The first kappa shape index (κ1) is 16.9. The zero-order chi connectivity index (χ0) is 15.2. The van der Waals surface area contributed by atoms with E-state index in [1.807, 2.05) is 13.2 Å². The molecule has 0 aliphatic heterocycles. The summed E-state index contributed by atoms with van der Waals surface area (Å²) in [5.74, 6) is 1.46. The third-order valence-electron chi connectivity index (χ3n) is 2.43. The van der Waals surface area contributed by atoms with Gasteiger partial charge in [0.2, 0.25) is 5.95 Å². The molecule has 4 nitrogen and oxygen atoms in total. The monoisotopic (exact) mass is 308 g/mol. The second-order valence-electron chi connectivity index (χ2n) is 4.43. The lowest BCUT2D eigenvalue weighted by molar-refractivity contribution is -0.141. The maximum absolute atomic E-state index is 12.8. The van der Waals surface area contributed by atoms with E-state index in [9.17, 15) is 13.2 Å². The minimum absolute atomic E-state index is 0.0117. The zero-order valence-corrected chi connectivity index (χ0v) is 12.5. The Labute approximate surface area is 121 Å². The summed E-state index contributed by atoms with van der Waals surface area (Å²) in [5, 5.41) is 5.64. The third-order valence-corrected chi connectivity index (χ3v) is 3.34. The lowest BCUT2D eigenvalue weighted by Gasteiger charge is -2.14. The maximum atomic E-state index is 12.8. The number of hydrogen-bond acceptors (Lipinski definition) is 5. The first-order valence-electron chi connectivity index (χ1n) is 6.29. The van der Waals surface area contributed by atoms with Crippen LogP contribution in [0, 0.1) is 5.92 Å². The smallest absolute Gasteiger partial charge is 0.370 e. The maximum Gasteiger partial charge on any atom is 0.433 e. The van der Waals surface area contributed by atoms with E-state index in [1.165, 1.54) is 0 Å². The van der Waals surface area contributed by atoms with Crippen LogP contribution in [-0.2, 0) is 6.18 Å². The molecule has 0 aromatic carbocycles. The van der Waals surface area contributed by atoms with Crippen LogP contribution >= 0.6 is 11.8 Å². The Bertz CT molecular complexity index is 426. The Kier molecular flexibility index (Phi) is 6.38. The summed E-state index contributed by atoms with van der Waals surface area (Å²) in [7, 11) is 0. The van der Waals surface area contributed by atoms with Gasteiger partial charge in [-0.3, -0.25) is 0 Å². The second kappa shape index (κ2) is 7.56. The predicted octanol–water partition coefficient (Wildman–Crippen LogP) is 3.34. The highest BCUT2D eigenvalue weighted by Crippen LogP contribution is 2.29. The van der Waals surface area contributed by atoms with E-state index in [2.05, 4.69) is 20.6 Å². The van der Waals surface area contributed by atoms with Gasteiger partial charge in [-0.05, 0) is 24.9 Å². The van der Waals surface area contributed by atoms with Crippen molar-refractivity contribution in [2.75, 3.05) is 35.7 Å². The fourth-order valence-electron chi connectivity index (χ4n) is 1.54. The number of nitrogens with one attached hydrogen (secondary N) is 2. The van der Waals surface area contributed by atoms with Crippen molar-refractivity contribution in [3.63, 3.8) is 0 Å². The van der Waals surface area contributed by atoms with Gasteiger partial charge in [-0.15, -0.1) is 0 Å². The molecule has 8 heteroatoms. The van der Waals surface area contributed by atoms with Gasteiger partial charge in [0.1, 0.15) is 5.82 Å². The van der Waals surface area contributed by atoms with E-state index in [0.717, 1.165) is 11.8 Å². The summed E-state index contributed by atoms with van der Waals surface area (Å²) < 4.78 is 38.3. The van der Waals surface area contributed by atoms with Crippen LogP contribution < -0.4 is 10.6 Å². The molecule has 0 bridgehead atoms. The van der Waals surface area contributed by atoms with Crippen molar-refractivity contribution in [1.82, 2.24) is 9.97 Å². The normalized spacial score (nSPS) is 13.1. The minimum Gasteiger partial charge on any atom is -0.370 e. The molecule has 114 valence electrons. The fraction of sp³-hybridized carbons (Fsp3) is 0.667. The van der Waals surface area contributed by atoms with Crippen LogP contribution in [0.3, 0.4) is 0 Å². The zero-order valence-electron chi connectivity index (χ0n) is 11.7. The molecule has 0 saturated heterocycles. The Hall–Kier alpha value is -1.18. The molecule has 1 heterocycles. The van der Waals surface area contributed by atoms with Crippen LogP contribution in [-0.4, -0.2) is 35.1 Å². The first-order valence-corrected chi connectivity index (χ1v) is 7.69. The van der Waals surface area contributed by atoms with Gasteiger partial charge in [0, 0.05) is 19.2 Å². The summed E-state index contributed by atoms with van der Waals surface area (Å²) in [6.07, 6.45) is -2.49. The van der Waals surface area contributed by atoms with E-state index in [4.69, 9.17) is 0 Å². The number of halogens is 3. The molecule has 1 aromatic heterocycles. The van der Waals surface area contributed by atoms with Gasteiger partial charge in [0.15, 0.2) is 5.69 Å². The molecule has 1 atom stereocenters. The van der Waals surface area contributed by atoms with Crippen molar-refractivity contribution in [2.24, 2.45) is 5.92 Å². The highest BCUT2D eigenvalue weighted by molar-refractivity contribution is 7.98. The van der Waals surface area contributed by atoms with Crippen molar-refractivity contribution in [3.8, 4) is 0 Å². The molecule has 0 saturated carbocycles. The van der Waals surface area contributed by atoms with E-state index >= 15 is 0 Å². The van der Waals surface area contributed by atoms with Crippen LogP contribution in [0.15, 0.2) is 6.07 Å². The van der Waals surface area contributed by atoms with Gasteiger partial charge in [-0.1, -0.05) is 6.92 Å². The molecule has 1 rings (SSSR count). The van der Waals surface area contributed by atoms with Gasteiger partial charge >= 0.3 is 6.18 Å². The van der Waals surface area contributed by atoms with E-state index in [-0.39, 0.29) is 11.8 Å². The minimum atomic E-state index is -4.48. The molecule has 1 unspecified atom stereocenters. The second-order valence-corrected chi connectivity index (χ2v) is 5.34. The van der Waals surface area contributed by atoms with E-state index in [0.29, 0.717) is 19.0 Å². The predicted molar refractivity (Wildman–Crippen MR) is 77.2 cm³/mol. The average Bonchev–Trinajstić information content (AvgIpc) is 2.36. The molecule has 0 amide bonds. The lowest BCUT2D eigenvalue weighted by atomic mass is 10.2. The van der Waals surface area contributed by atoms with E-state index < -0.39 is 11.9 Å². The van der Waals surface area contributed by atoms with Crippen LogP contribution in [0.1, 0.15) is 19.5 Å². The fourth-order valence-corrected chi connectivity index (χ4v) is 2.23. The summed E-state index contributed by atoms with van der Waals surface area (Å²) in [4.78, 5) is 7.50.